The summed E-state index contributed by atoms with van der Waals surface area (Å²) < 4.78 is 9.46. The Balaban J connectivity index is 1.61. The maximum atomic E-state index is 14.0. The van der Waals surface area contributed by atoms with E-state index in [9.17, 15) is 9.90 Å². The van der Waals surface area contributed by atoms with Gasteiger partial charge in [0.15, 0.2) is 0 Å². The van der Waals surface area contributed by atoms with Gasteiger partial charge in [0.1, 0.15) is 0 Å². The standard InChI is InChI=1S/C27H25As2NO3S4/c1-3-30-26(32)17-6-4-5-7-18(17)27(30)19-9-8-16(2)22(28-34-12-13-35-28)24(19)33-25-20(27)10-11-21(31)23(25)29-36-14-15-37-29/h4-11,31H,3,12-15H2,1-2H3. The molecular formula is C27H25As2NO3S4. The van der Waals surface area contributed by atoms with E-state index in [0.717, 1.165) is 49.6 Å². The summed E-state index contributed by atoms with van der Waals surface area (Å²) in [6.07, 6.45) is 0. The van der Waals surface area contributed by atoms with E-state index in [-0.39, 0.29) is 5.91 Å². The van der Waals surface area contributed by atoms with Gasteiger partial charge in [0, 0.05) is 0 Å². The molecule has 37 heavy (non-hydrogen) atoms. The van der Waals surface area contributed by atoms with Crippen LogP contribution in [0.25, 0.3) is 0 Å². The van der Waals surface area contributed by atoms with Gasteiger partial charge in [-0.3, -0.25) is 0 Å². The van der Waals surface area contributed by atoms with E-state index in [0.29, 0.717) is 12.3 Å². The van der Waals surface area contributed by atoms with Crippen molar-refractivity contribution < 1.29 is 14.6 Å². The SMILES string of the molecule is CCN1C(=O)c2ccccc2C12c1ccc(C)c([As]3SCCS3)c1Oc1c2ccc(O)c1[As]1SCCS1. The zero-order valence-corrected chi connectivity index (χ0v) is 27.4. The molecule has 4 aliphatic rings. The van der Waals surface area contributed by atoms with Crippen LogP contribution in [0, 0.1) is 6.92 Å². The molecule has 0 radical (unpaired) electrons. The number of fused-ring (bicyclic) bond motifs is 6. The van der Waals surface area contributed by atoms with Gasteiger partial charge in [0.25, 0.3) is 0 Å². The molecule has 0 bridgehead atoms. The Morgan fingerprint density at radius 2 is 1.46 bits per heavy atom. The van der Waals surface area contributed by atoms with E-state index in [1.165, 1.54) is 21.4 Å². The van der Waals surface area contributed by atoms with Crippen LogP contribution in [0.4, 0.5) is 0 Å². The van der Waals surface area contributed by atoms with Gasteiger partial charge >= 0.3 is 241 Å². The van der Waals surface area contributed by atoms with Crippen LogP contribution in [0.5, 0.6) is 17.2 Å². The van der Waals surface area contributed by atoms with Gasteiger partial charge < -0.3 is 0 Å². The Labute approximate surface area is 239 Å². The molecule has 1 spiro atoms. The third-order valence-electron chi connectivity index (χ3n) is 7.31. The molecule has 1 unspecified atom stereocenters. The molecule has 4 aliphatic heterocycles. The molecule has 3 aromatic carbocycles. The van der Waals surface area contributed by atoms with Crippen molar-refractivity contribution in [2.75, 3.05) is 29.6 Å². The Kier molecular flexibility index (Phi) is 6.62. The number of amides is 1. The summed E-state index contributed by atoms with van der Waals surface area (Å²) >= 11 is -3.07. The molecule has 190 valence electrons. The van der Waals surface area contributed by atoms with Crippen LogP contribution in [0.15, 0.2) is 48.5 Å². The minimum atomic E-state index is -1.63. The van der Waals surface area contributed by atoms with Crippen molar-refractivity contribution in [1.82, 2.24) is 4.90 Å². The monoisotopic (exact) mass is 689 g/mol. The third kappa shape index (κ3) is 3.59. The first-order chi connectivity index (χ1) is 18.1. The second-order valence-corrected chi connectivity index (χ2v) is 32.4. The van der Waals surface area contributed by atoms with E-state index < -0.39 is 30.2 Å². The van der Waals surface area contributed by atoms with Crippen LogP contribution in [0.1, 0.15) is 39.5 Å². The zero-order valence-electron chi connectivity index (χ0n) is 20.4. The fourth-order valence-electron chi connectivity index (χ4n) is 5.86. The topological polar surface area (TPSA) is 49.8 Å². The number of phenols is 1. The van der Waals surface area contributed by atoms with E-state index in [2.05, 4.69) is 52.1 Å². The van der Waals surface area contributed by atoms with Crippen LogP contribution in [-0.2, 0) is 5.54 Å². The zero-order chi connectivity index (χ0) is 25.3. The third-order valence-corrected chi connectivity index (χ3v) is 34.8. The van der Waals surface area contributed by atoms with Crippen molar-refractivity contribution >= 4 is 79.4 Å². The molecule has 2 saturated heterocycles. The molecule has 1 amide bonds. The number of carbonyl (C=O) groups excluding carboxylic acids is 1. The molecule has 4 heterocycles. The Hall–Kier alpha value is -0.753. The van der Waals surface area contributed by atoms with Crippen LogP contribution >= 0.6 is 40.1 Å². The van der Waals surface area contributed by atoms with E-state index in [1.807, 2.05) is 55.3 Å². The average Bonchev–Trinajstić information content (AvgIpc) is 3.66. The number of carbonyl (C=O) groups is 1. The van der Waals surface area contributed by atoms with Crippen molar-refractivity contribution in [3.05, 3.63) is 76.3 Å². The van der Waals surface area contributed by atoms with Gasteiger partial charge in [-0.15, -0.1) is 0 Å². The first-order valence-electron chi connectivity index (χ1n) is 12.3. The molecule has 10 heteroatoms. The number of ether oxygens (including phenoxy) is 1. The van der Waals surface area contributed by atoms with Crippen molar-refractivity contribution in [3.63, 3.8) is 0 Å². The second kappa shape index (κ2) is 9.71. The van der Waals surface area contributed by atoms with Gasteiger partial charge in [0.05, 0.1) is 0 Å². The molecule has 7 rings (SSSR count). The number of phenolic OH excluding ortho intramolecular Hbond substituents is 1. The van der Waals surface area contributed by atoms with Crippen molar-refractivity contribution in [2.45, 2.75) is 19.4 Å². The molecule has 0 aliphatic carbocycles. The average molecular weight is 690 g/mol. The van der Waals surface area contributed by atoms with E-state index in [4.69, 9.17) is 4.74 Å². The summed E-state index contributed by atoms with van der Waals surface area (Å²) in [5.74, 6) is 6.78. The number of benzene rings is 3. The van der Waals surface area contributed by atoms with Crippen LogP contribution < -0.4 is 13.4 Å². The predicted octanol–water partition coefficient (Wildman–Crippen LogP) is 4.92. The van der Waals surface area contributed by atoms with Crippen LogP contribution in [0.3, 0.4) is 0 Å². The summed E-state index contributed by atoms with van der Waals surface area (Å²) in [6, 6.07) is 16.4. The maximum absolute atomic E-state index is 14.0. The van der Waals surface area contributed by atoms with Crippen LogP contribution in [0.2, 0.25) is 0 Å². The fourth-order valence-corrected chi connectivity index (χ4v) is 36.2. The molecule has 0 aromatic heterocycles. The number of hydrogen-bond acceptors (Lipinski definition) is 7. The summed E-state index contributed by atoms with van der Waals surface area (Å²) in [6.45, 7) is 4.87. The Morgan fingerprint density at radius 3 is 2.14 bits per heavy atom. The molecule has 0 saturated carbocycles. The van der Waals surface area contributed by atoms with E-state index >= 15 is 0 Å². The van der Waals surface area contributed by atoms with Gasteiger partial charge in [-0.1, -0.05) is 0 Å². The van der Waals surface area contributed by atoms with Gasteiger partial charge in [-0.05, 0) is 0 Å². The predicted molar refractivity (Wildman–Crippen MR) is 163 cm³/mol. The summed E-state index contributed by atoms with van der Waals surface area (Å²) in [4.78, 5) is 16.0. The first-order valence-corrected chi connectivity index (χ1v) is 27.1. The quantitative estimate of drug-likeness (QED) is 0.392. The number of rotatable bonds is 3. The number of aromatic hydroxyl groups is 1. The van der Waals surface area contributed by atoms with Gasteiger partial charge in [0.2, 0.25) is 0 Å². The minimum absolute atomic E-state index is 0.0681. The molecule has 2 fully saturated rings. The number of nitrogens with zero attached hydrogens (tertiary/aromatic N) is 1. The normalized spacial score (nSPS) is 22.9. The fraction of sp³-hybridized carbons (Fsp3) is 0.296. The van der Waals surface area contributed by atoms with Crippen molar-refractivity contribution in [1.29, 1.82) is 0 Å². The summed E-state index contributed by atoms with van der Waals surface area (Å²) in [7, 11) is 8.26. The first kappa shape index (κ1) is 25.2. The van der Waals surface area contributed by atoms with E-state index in [1.54, 1.807) is 0 Å². The Morgan fingerprint density at radius 1 is 0.865 bits per heavy atom. The van der Waals surface area contributed by atoms with Crippen LogP contribution in [-0.4, -0.2) is 70.1 Å². The van der Waals surface area contributed by atoms with Gasteiger partial charge in [-0.25, -0.2) is 0 Å². The molecular weight excluding hydrogens is 664 g/mol. The molecule has 1 atom stereocenters. The number of aryl methyl sites for hydroxylation is 1. The second-order valence-electron chi connectivity index (χ2n) is 9.17. The summed E-state index contributed by atoms with van der Waals surface area (Å²) in [5.41, 5.74) is 4.40. The molecule has 4 nitrogen and oxygen atoms in total. The number of hydrogen-bond donors (Lipinski definition) is 1. The van der Waals surface area contributed by atoms with Crippen molar-refractivity contribution in [2.24, 2.45) is 0 Å². The summed E-state index contributed by atoms with van der Waals surface area (Å²) in [5, 5.41) is 11.3. The Bertz CT molecular complexity index is 1370. The molecule has 1 N–H and O–H groups in total. The van der Waals surface area contributed by atoms with Crippen molar-refractivity contribution in [3.8, 4) is 17.2 Å². The molecule has 3 aromatic rings. The van der Waals surface area contributed by atoms with Gasteiger partial charge in [-0.2, -0.15) is 0 Å².